The zero-order valence-electron chi connectivity index (χ0n) is 14.8. The third-order valence-electron chi connectivity index (χ3n) is 4.81. The zero-order chi connectivity index (χ0) is 18.3. The first-order valence-corrected chi connectivity index (χ1v) is 9.41. The molecular weight excluding hydrogens is 348 g/mol. The van der Waals surface area contributed by atoms with Gasteiger partial charge in [-0.2, -0.15) is 0 Å². The summed E-state index contributed by atoms with van der Waals surface area (Å²) in [6, 6.07) is 5.90. The molecule has 0 spiro atoms. The number of hydrogen-bond donors (Lipinski definition) is 1. The standard InChI is InChI=1S/C19H20N4O2S/c1-12-4-3-6-23-14(10-21-18(12)23)9-17(24)22-7-5-15-13(11-22)8-16(26-15)19(25)20-2/h3-4,6,8,10H,5,7,9,11H2,1-2H3,(H,20,25). The lowest BCUT2D eigenvalue weighted by Gasteiger charge is -2.27. The highest BCUT2D eigenvalue weighted by atomic mass is 32.1. The number of fused-ring (bicyclic) bond motifs is 2. The molecule has 0 fully saturated rings. The highest BCUT2D eigenvalue weighted by Crippen LogP contribution is 2.28. The van der Waals surface area contributed by atoms with Gasteiger partial charge >= 0.3 is 0 Å². The van der Waals surface area contributed by atoms with E-state index in [1.54, 1.807) is 13.2 Å². The molecule has 0 bridgehead atoms. The van der Waals surface area contributed by atoms with Gasteiger partial charge in [-0.25, -0.2) is 4.98 Å². The fourth-order valence-electron chi connectivity index (χ4n) is 3.38. The van der Waals surface area contributed by atoms with Crippen LogP contribution in [0.3, 0.4) is 0 Å². The van der Waals surface area contributed by atoms with Crippen LogP contribution in [-0.4, -0.2) is 39.7 Å². The first-order chi connectivity index (χ1) is 12.6. The molecule has 26 heavy (non-hydrogen) atoms. The second kappa shape index (κ2) is 6.57. The summed E-state index contributed by atoms with van der Waals surface area (Å²) < 4.78 is 1.98. The Balaban J connectivity index is 1.51. The predicted molar refractivity (Wildman–Crippen MR) is 100 cm³/mol. The molecule has 7 heteroatoms. The third kappa shape index (κ3) is 2.88. The summed E-state index contributed by atoms with van der Waals surface area (Å²) in [6.45, 7) is 3.27. The molecule has 134 valence electrons. The summed E-state index contributed by atoms with van der Waals surface area (Å²) in [5, 5.41) is 2.66. The van der Waals surface area contributed by atoms with Crippen molar-refractivity contribution in [3.05, 3.63) is 57.2 Å². The lowest BCUT2D eigenvalue weighted by molar-refractivity contribution is -0.131. The Kier molecular flexibility index (Phi) is 4.24. The van der Waals surface area contributed by atoms with Crippen LogP contribution in [0.15, 0.2) is 30.6 Å². The van der Waals surface area contributed by atoms with E-state index in [0.717, 1.165) is 28.9 Å². The van der Waals surface area contributed by atoms with E-state index in [1.807, 2.05) is 40.6 Å². The number of carbonyl (C=O) groups excluding carboxylic acids is 2. The summed E-state index contributed by atoms with van der Waals surface area (Å²) in [7, 11) is 1.63. The summed E-state index contributed by atoms with van der Waals surface area (Å²) >= 11 is 1.53. The predicted octanol–water partition coefficient (Wildman–Crippen LogP) is 2.19. The molecule has 1 aliphatic rings. The third-order valence-corrected chi connectivity index (χ3v) is 6.05. The van der Waals surface area contributed by atoms with Crippen LogP contribution in [0.2, 0.25) is 0 Å². The van der Waals surface area contributed by atoms with Crippen molar-refractivity contribution in [3.8, 4) is 0 Å². The van der Waals surface area contributed by atoms with Crippen LogP contribution in [-0.2, 0) is 24.2 Å². The number of nitrogens with one attached hydrogen (secondary N) is 1. The number of amides is 2. The average Bonchev–Trinajstić information content (AvgIpc) is 3.25. The van der Waals surface area contributed by atoms with E-state index < -0.39 is 0 Å². The monoisotopic (exact) mass is 368 g/mol. The molecule has 3 aromatic heterocycles. The van der Waals surface area contributed by atoms with Crippen molar-refractivity contribution in [3.63, 3.8) is 0 Å². The highest BCUT2D eigenvalue weighted by Gasteiger charge is 2.24. The minimum absolute atomic E-state index is 0.0663. The maximum absolute atomic E-state index is 12.8. The van der Waals surface area contributed by atoms with Gasteiger partial charge < -0.3 is 14.6 Å². The number of aryl methyl sites for hydroxylation is 1. The van der Waals surface area contributed by atoms with Crippen LogP contribution >= 0.6 is 11.3 Å². The van der Waals surface area contributed by atoms with Crippen molar-refractivity contribution >= 4 is 28.8 Å². The van der Waals surface area contributed by atoms with Gasteiger partial charge in [0.25, 0.3) is 5.91 Å². The molecule has 0 aliphatic carbocycles. The van der Waals surface area contributed by atoms with Crippen LogP contribution in [0.4, 0.5) is 0 Å². The molecule has 2 amide bonds. The van der Waals surface area contributed by atoms with Gasteiger partial charge in [-0.15, -0.1) is 11.3 Å². The molecule has 1 aliphatic heterocycles. The molecule has 3 aromatic rings. The van der Waals surface area contributed by atoms with Crippen molar-refractivity contribution in [2.75, 3.05) is 13.6 Å². The Hall–Kier alpha value is -2.67. The lowest BCUT2D eigenvalue weighted by atomic mass is 10.1. The van der Waals surface area contributed by atoms with Crippen molar-refractivity contribution in [1.82, 2.24) is 19.6 Å². The number of aromatic nitrogens is 2. The first-order valence-electron chi connectivity index (χ1n) is 8.60. The van der Waals surface area contributed by atoms with Crippen molar-refractivity contribution < 1.29 is 9.59 Å². The second-order valence-electron chi connectivity index (χ2n) is 6.51. The maximum Gasteiger partial charge on any atom is 0.261 e. The van der Waals surface area contributed by atoms with Crippen molar-refractivity contribution in [2.45, 2.75) is 26.3 Å². The van der Waals surface area contributed by atoms with Crippen LogP contribution in [0.25, 0.3) is 5.65 Å². The molecule has 0 saturated heterocycles. The van der Waals surface area contributed by atoms with Crippen LogP contribution in [0.1, 0.15) is 31.4 Å². The molecule has 0 aromatic carbocycles. The largest absolute Gasteiger partial charge is 0.354 e. The van der Waals surface area contributed by atoms with E-state index in [2.05, 4.69) is 10.3 Å². The summed E-state index contributed by atoms with van der Waals surface area (Å²) in [6.07, 6.45) is 4.85. The number of pyridine rings is 1. The Labute approximate surface area is 155 Å². The van der Waals surface area contributed by atoms with Gasteiger partial charge in [0.1, 0.15) is 5.65 Å². The van der Waals surface area contributed by atoms with E-state index >= 15 is 0 Å². The van der Waals surface area contributed by atoms with Gasteiger partial charge in [-0.3, -0.25) is 9.59 Å². The van der Waals surface area contributed by atoms with Gasteiger partial charge in [0, 0.05) is 37.4 Å². The molecule has 0 atom stereocenters. The topological polar surface area (TPSA) is 66.7 Å². The van der Waals surface area contributed by atoms with E-state index in [0.29, 0.717) is 24.4 Å². The Morgan fingerprint density at radius 1 is 1.38 bits per heavy atom. The molecule has 0 saturated carbocycles. The van der Waals surface area contributed by atoms with Gasteiger partial charge in [0.15, 0.2) is 0 Å². The quantitative estimate of drug-likeness (QED) is 0.771. The van der Waals surface area contributed by atoms with Crippen LogP contribution in [0, 0.1) is 6.92 Å². The maximum atomic E-state index is 12.8. The zero-order valence-corrected chi connectivity index (χ0v) is 15.6. The fourth-order valence-corrected chi connectivity index (χ4v) is 4.49. The average molecular weight is 368 g/mol. The number of thiophene rings is 1. The van der Waals surface area contributed by atoms with Crippen molar-refractivity contribution in [2.24, 2.45) is 0 Å². The number of carbonyl (C=O) groups is 2. The summed E-state index contributed by atoms with van der Waals surface area (Å²) in [5.41, 5.74) is 3.97. The molecule has 6 nitrogen and oxygen atoms in total. The highest BCUT2D eigenvalue weighted by molar-refractivity contribution is 7.14. The van der Waals surface area contributed by atoms with E-state index in [9.17, 15) is 9.59 Å². The number of hydrogen-bond acceptors (Lipinski definition) is 4. The SMILES string of the molecule is CNC(=O)c1cc2c(s1)CCN(C(=O)Cc1cnc3c(C)cccn13)C2. The van der Waals surface area contributed by atoms with Gasteiger partial charge in [0.2, 0.25) is 5.91 Å². The Morgan fingerprint density at radius 3 is 3.04 bits per heavy atom. The van der Waals surface area contributed by atoms with Gasteiger partial charge in [-0.1, -0.05) is 6.07 Å². The molecule has 4 rings (SSSR count). The van der Waals surface area contributed by atoms with Gasteiger partial charge in [0.05, 0.1) is 17.0 Å². The van der Waals surface area contributed by atoms with Gasteiger partial charge in [-0.05, 0) is 36.6 Å². The molecule has 1 N–H and O–H groups in total. The summed E-state index contributed by atoms with van der Waals surface area (Å²) in [4.78, 5) is 32.9. The minimum atomic E-state index is -0.0663. The Bertz CT molecular complexity index is 1000. The Morgan fingerprint density at radius 2 is 2.23 bits per heavy atom. The van der Waals surface area contributed by atoms with Crippen LogP contribution < -0.4 is 5.32 Å². The van der Waals surface area contributed by atoms with Crippen LogP contribution in [0.5, 0.6) is 0 Å². The first kappa shape index (κ1) is 16.8. The van der Waals surface area contributed by atoms with Crippen molar-refractivity contribution in [1.29, 1.82) is 0 Å². The summed E-state index contributed by atoms with van der Waals surface area (Å²) in [5.74, 6) is 0.0232. The molecule has 0 radical (unpaired) electrons. The van der Waals surface area contributed by atoms with E-state index in [1.165, 1.54) is 16.2 Å². The van der Waals surface area contributed by atoms with E-state index in [4.69, 9.17) is 0 Å². The molecule has 4 heterocycles. The minimum Gasteiger partial charge on any atom is -0.354 e. The fraction of sp³-hybridized carbons (Fsp3) is 0.316. The smallest absolute Gasteiger partial charge is 0.261 e. The second-order valence-corrected chi connectivity index (χ2v) is 7.65. The normalized spacial score (nSPS) is 13.7. The molecule has 0 unspecified atom stereocenters. The molecular formula is C19H20N4O2S. The lowest BCUT2D eigenvalue weighted by Crippen LogP contribution is -2.36. The number of rotatable bonds is 3. The number of nitrogens with zero attached hydrogens (tertiary/aromatic N) is 3. The number of imidazole rings is 1. The van der Waals surface area contributed by atoms with E-state index in [-0.39, 0.29) is 11.8 Å².